The van der Waals surface area contributed by atoms with E-state index in [9.17, 15) is 9.59 Å². The second-order valence-corrected chi connectivity index (χ2v) is 8.25. The summed E-state index contributed by atoms with van der Waals surface area (Å²) < 4.78 is 6.28. The molecule has 0 radical (unpaired) electrons. The van der Waals surface area contributed by atoms with Gasteiger partial charge in [-0.25, -0.2) is 4.98 Å². The molecule has 9 heteroatoms. The first kappa shape index (κ1) is 21.0. The number of aromatic nitrogens is 3. The van der Waals surface area contributed by atoms with Crippen molar-refractivity contribution in [2.24, 2.45) is 0 Å². The van der Waals surface area contributed by atoms with Crippen LogP contribution in [0.4, 0.5) is 10.8 Å². The molecule has 1 amide bonds. The molecular formula is C22H23N5O3S. The Balaban J connectivity index is 1.65. The van der Waals surface area contributed by atoms with E-state index in [2.05, 4.69) is 20.7 Å². The fraction of sp³-hybridized carbons (Fsp3) is 0.273. The summed E-state index contributed by atoms with van der Waals surface area (Å²) >= 11 is 1.28. The average Bonchev–Trinajstić information content (AvgIpc) is 3.16. The molecule has 0 aliphatic rings. The number of carbonyl (C=O) groups is 1. The first-order valence-corrected chi connectivity index (χ1v) is 10.7. The standard InChI is InChI=1S/C22H23N5O3S/c1-13-5-6-14(2)17(11-13)24-21-26-27-20(29)16-8-7-15(12-18(16)25-22(27)31-21)19(28)23-9-4-10-30-3/h5-8,11-12H,4,9-10H2,1-3H3,(H,23,28)(H,24,26). The monoisotopic (exact) mass is 437 g/mol. The molecule has 0 fully saturated rings. The number of methoxy groups -OCH3 is 1. The summed E-state index contributed by atoms with van der Waals surface area (Å²) in [7, 11) is 1.62. The fourth-order valence-corrected chi connectivity index (χ4v) is 4.02. The van der Waals surface area contributed by atoms with Gasteiger partial charge in [0.2, 0.25) is 10.1 Å². The molecule has 2 heterocycles. The van der Waals surface area contributed by atoms with Gasteiger partial charge in [0.1, 0.15) is 0 Å². The van der Waals surface area contributed by atoms with Gasteiger partial charge in [-0.3, -0.25) is 9.59 Å². The van der Waals surface area contributed by atoms with E-state index in [1.54, 1.807) is 25.3 Å². The van der Waals surface area contributed by atoms with Crippen molar-refractivity contribution in [2.45, 2.75) is 20.3 Å². The molecule has 4 rings (SSSR count). The molecule has 8 nitrogen and oxygen atoms in total. The summed E-state index contributed by atoms with van der Waals surface area (Å²) in [6, 6.07) is 11.0. The number of fused-ring (bicyclic) bond motifs is 2. The summed E-state index contributed by atoms with van der Waals surface area (Å²) in [4.78, 5) is 30.3. The SMILES string of the molecule is COCCCNC(=O)c1ccc2c(=O)n3nc(Nc4cc(C)ccc4C)sc3nc2c1. The lowest BCUT2D eigenvalue weighted by atomic mass is 10.1. The van der Waals surface area contributed by atoms with Gasteiger partial charge in [0.25, 0.3) is 11.5 Å². The zero-order valence-electron chi connectivity index (χ0n) is 17.6. The highest BCUT2D eigenvalue weighted by Crippen LogP contribution is 2.25. The third kappa shape index (κ3) is 4.42. The molecule has 0 unspecified atom stereocenters. The highest BCUT2D eigenvalue weighted by molar-refractivity contribution is 7.20. The smallest absolute Gasteiger partial charge is 0.283 e. The lowest BCUT2D eigenvalue weighted by Gasteiger charge is -2.06. The second kappa shape index (κ2) is 8.83. The van der Waals surface area contributed by atoms with Gasteiger partial charge in [-0.05, 0) is 55.7 Å². The molecule has 2 N–H and O–H groups in total. The van der Waals surface area contributed by atoms with Gasteiger partial charge in [0.05, 0.1) is 10.9 Å². The van der Waals surface area contributed by atoms with Crippen molar-refractivity contribution < 1.29 is 9.53 Å². The maximum Gasteiger partial charge on any atom is 0.283 e. The van der Waals surface area contributed by atoms with Crippen LogP contribution in [0.15, 0.2) is 41.2 Å². The quantitative estimate of drug-likeness (QED) is 0.430. The normalized spacial score (nSPS) is 11.2. The van der Waals surface area contributed by atoms with Crippen molar-refractivity contribution in [2.75, 3.05) is 25.6 Å². The van der Waals surface area contributed by atoms with Gasteiger partial charge in [-0.15, -0.1) is 5.10 Å². The fourth-order valence-electron chi connectivity index (χ4n) is 3.21. The number of amides is 1. The van der Waals surface area contributed by atoms with Gasteiger partial charge in [-0.1, -0.05) is 23.5 Å². The number of nitrogens with zero attached hydrogens (tertiary/aromatic N) is 3. The molecule has 2 aromatic carbocycles. The van der Waals surface area contributed by atoms with E-state index in [0.29, 0.717) is 39.7 Å². The number of anilines is 2. The molecular weight excluding hydrogens is 414 g/mol. The molecule has 31 heavy (non-hydrogen) atoms. The first-order valence-electron chi connectivity index (χ1n) is 9.91. The van der Waals surface area contributed by atoms with Crippen LogP contribution < -0.4 is 16.2 Å². The molecule has 0 atom stereocenters. The van der Waals surface area contributed by atoms with Crippen molar-refractivity contribution in [3.05, 3.63) is 63.4 Å². The van der Waals surface area contributed by atoms with Crippen LogP contribution in [-0.4, -0.2) is 40.8 Å². The minimum Gasteiger partial charge on any atom is -0.385 e. The van der Waals surface area contributed by atoms with Gasteiger partial charge in [0, 0.05) is 31.5 Å². The van der Waals surface area contributed by atoms with Crippen LogP contribution in [0, 0.1) is 13.8 Å². The minimum absolute atomic E-state index is 0.207. The Labute approximate surface area is 182 Å². The largest absolute Gasteiger partial charge is 0.385 e. The number of hydrogen-bond donors (Lipinski definition) is 2. The average molecular weight is 438 g/mol. The lowest BCUT2D eigenvalue weighted by Crippen LogP contribution is -2.25. The van der Waals surface area contributed by atoms with Crippen LogP contribution in [-0.2, 0) is 4.74 Å². The Bertz CT molecular complexity index is 1330. The summed E-state index contributed by atoms with van der Waals surface area (Å²) in [5.74, 6) is -0.207. The molecule has 0 aliphatic carbocycles. The number of aryl methyl sites for hydroxylation is 2. The molecule has 0 bridgehead atoms. The van der Waals surface area contributed by atoms with E-state index >= 15 is 0 Å². The Kier molecular flexibility index (Phi) is 5.97. The highest BCUT2D eigenvalue weighted by atomic mass is 32.1. The van der Waals surface area contributed by atoms with Gasteiger partial charge in [-0.2, -0.15) is 4.52 Å². The van der Waals surface area contributed by atoms with Gasteiger partial charge < -0.3 is 15.4 Å². The summed E-state index contributed by atoms with van der Waals surface area (Å²) in [5, 5.41) is 11.5. The number of hydrogen-bond acceptors (Lipinski definition) is 7. The number of carbonyl (C=O) groups excluding carboxylic acids is 1. The summed E-state index contributed by atoms with van der Waals surface area (Å²) in [6.07, 6.45) is 0.729. The zero-order valence-corrected chi connectivity index (χ0v) is 18.4. The van der Waals surface area contributed by atoms with Crippen molar-refractivity contribution in [1.82, 2.24) is 19.9 Å². The Morgan fingerprint density at radius 3 is 2.84 bits per heavy atom. The molecule has 0 aliphatic heterocycles. The molecule has 0 saturated heterocycles. The van der Waals surface area contributed by atoms with Crippen LogP contribution in [0.5, 0.6) is 0 Å². The van der Waals surface area contributed by atoms with Crippen LogP contribution >= 0.6 is 11.3 Å². The first-order chi connectivity index (χ1) is 15.0. The lowest BCUT2D eigenvalue weighted by molar-refractivity contribution is 0.0948. The third-order valence-electron chi connectivity index (χ3n) is 4.90. The van der Waals surface area contributed by atoms with Crippen LogP contribution in [0.25, 0.3) is 15.9 Å². The van der Waals surface area contributed by atoms with Gasteiger partial charge in [0.15, 0.2) is 0 Å². The van der Waals surface area contributed by atoms with Crippen molar-refractivity contribution in [3.63, 3.8) is 0 Å². The van der Waals surface area contributed by atoms with Crippen molar-refractivity contribution >= 4 is 43.9 Å². The highest BCUT2D eigenvalue weighted by Gasteiger charge is 2.14. The maximum absolute atomic E-state index is 12.9. The number of benzene rings is 2. The van der Waals surface area contributed by atoms with Crippen molar-refractivity contribution in [1.29, 1.82) is 0 Å². The Morgan fingerprint density at radius 2 is 2.03 bits per heavy atom. The predicted molar refractivity (Wildman–Crippen MR) is 123 cm³/mol. The predicted octanol–water partition coefficient (Wildman–Crippen LogP) is 3.43. The van der Waals surface area contributed by atoms with E-state index in [1.165, 1.54) is 15.9 Å². The zero-order chi connectivity index (χ0) is 22.0. The van der Waals surface area contributed by atoms with E-state index in [4.69, 9.17) is 4.74 Å². The second-order valence-electron chi connectivity index (χ2n) is 7.30. The molecule has 4 aromatic rings. The molecule has 0 saturated carbocycles. The molecule has 0 spiro atoms. The van der Waals surface area contributed by atoms with E-state index in [0.717, 1.165) is 23.2 Å². The maximum atomic E-state index is 12.9. The molecule has 160 valence electrons. The van der Waals surface area contributed by atoms with E-state index < -0.39 is 0 Å². The number of rotatable bonds is 7. The third-order valence-corrected chi connectivity index (χ3v) is 5.73. The van der Waals surface area contributed by atoms with Crippen LogP contribution in [0.2, 0.25) is 0 Å². The minimum atomic E-state index is -0.266. The van der Waals surface area contributed by atoms with Gasteiger partial charge >= 0.3 is 0 Å². The van der Waals surface area contributed by atoms with Crippen LogP contribution in [0.3, 0.4) is 0 Å². The summed E-state index contributed by atoms with van der Waals surface area (Å²) in [5.41, 5.74) is 3.80. The van der Waals surface area contributed by atoms with Crippen molar-refractivity contribution in [3.8, 4) is 0 Å². The van der Waals surface area contributed by atoms with Crippen LogP contribution in [0.1, 0.15) is 27.9 Å². The Morgan fingerprint density at radius 1 is 1.19 bits per heavy atom. The number of nitrogens with one attached hydrogen (secondary N) is 2. The van der Waals surface area contributed by atoms with E-state index in [1.807, 2.05) is 32.0 Å². The molecule has 2 aromatic heterocycles. The number of ether oxygens (including phenoxy) is 1. The Hall–Kier alpha value is -3.30. The van der Waals surface area contributed by atoms with E-state index in [-0.39, 0.29) is 11.5 Å². The topological polar surface area (TPSA) is 97.6 Å². The summed E-state index contributed by atoms with van der Waals surface area (Å²) in [6.45, 7) is 5.13.